The quantitative estimate of drug-likeness (QED) is 0.189. The molecule has 4 atom stereocenters. The lowest BCUT2D eigenvalue weighted by Gasteiger charge is -2.24. The maximum Gasteiger partial charge on any atom is 0.326 e. The zero-order chi connectivity index (χ0) is 20.4. The van der Waals surface area contributed by atoms with Gasteiger partial charge in [-0.25, -0.2) is 4.79 Å². The van der Waals surface area contributed by atoms with Crippen LogP contribution in [-0.4, -0.2) is 70.6 Å². The van der Waals surface area contributed by atoms with Gasteiger partial charge in [-0.1, -0.05) is 0 Å². The van der Waals surface area contributed by atoms with Crippen molar-refractivity contribution in [3.05, 3.63) is 0 Å². The van der Waals surface area contributed by atoms with Gasteiger partial charge in [0.15, 0.2) is 0 Å². The Bertz CT molecular complexity index is 552. The molecular weight excluding hydrogens is 350 g/mol. The molecule has 0 aromatic carbocycles. The molecule has 0 fully saturated rings. The van der Waals surface area contributed by atoms with Gasteiger partial charge in [-0.15, -0.1) is 0 Å². The number of carbonyl (C=O) groups excluding carboxylic acids is 4. The molecule has 0 spiro atoms. The Morgan fingerprint density at radius 3 is 2.00 bits per heavy atom. The number of hydrogen-bond acceptors (Lipinski definition) is 7. The first kappa shape index (κ1) is 23.3. The van der Waals surface area contributed by atoms with Crippen molar-refractivity contribution in [2.24, 2.45) is 11.5 Å². The van der Waals surface area contributed by atoms with Crippen LogP contribution in [0.1, 0.15) is 26.7 Å². The number of nitrogens with one attached hydrogen (secondary N) is 3. The highest BCUT2D eigenvalue weighted by Gasteiger charge is 2.31. The molecule has 148 valence electrons. The molecule has 0 rings (SSSR count). The molecule has 4 unspecified atom stereocenters. The van der Waals surface area contributed by atoms with Crippen LogP contribution >= 0.6 is 0 Å². The zero-order valence-corrected chi connectivity index (χ0v) is 14.5. The van der Waals surface area contributed by atoms with Crippen LogP contribution in [0.25, 0.3) is 0 Å². The summed E-state index contributed by atoms with van der Waals surface area (Å²) in [6.45, 7) is 2.22. The molecule has 0 aliphatic carbocycles. The Morgan fingerprint density at radius 2 is 1.58 bits per heavy atom. The normalized spacial score (nSPS) is 15.1. The number of primary amides is 1. The largest absolute Gasteiger partial charge is 0.480 e. The Hall–Kier alpha value is -2.73. The highest BCUT2D eigenvalue weighted by molar-refractivity contribution is 5.93. The van der Waals surface area contributed by atoms with E-state index in [9.17, 15) is 29.1 Å². The number of nitrogens with two attached hydrogens (primary N) is 2. The third-order valence-electron chi connectivity index (χ3n) is 3.31. The van der Waals surface area contributed by atoms with Crippen LogP contribution in [0.4, 0.5) is 0 Å². The van der Waals surface area contributed by atoms with E-state index in [1.54, 1.807) is 0 Å². The van der Waals surface area contributed by atoms with Gasteiger partial charge in [-0.3, -0.25) is 19.2 Å². The molecule has 26 heavy (non-hydrogen) atoms. The standard InChI is InChI=1S/C14H25N5O7/c1-6(17-10(22)5-15)12(23)19-11(7(2)20)13(24)18-8(14(25)26)3-4-9(16)21/h6-8,11,20H,3-5,15H2,1-2H3,(H2,16,21)(H,17,22)(H,18,24)(H,19,23)(H,25,26). The molecular formula is C14H25N5O7. The van der Waals surface area contributed by atoms with Crippen molar-refractivity contribution in [2.75, 3.05) is 6.54 Å². The maximum atomic E-state index is 12.2. The number of carbonyl (C=O) groups is 5. The molecule has 0 bridgehead atoms. The van der Waals surface area contributed by atoms with Gasteiger partial charge in [-0.05, 0) is 20.3 Å². The third kappa shape index (κ3) is 8.39. The minimum absolute atomic E-state index is 0.250. The number of carboxylic acids is 1. The van der Waals surface area contributed by atoms with Crippen LogP contribution in [0.2, 0.25) is 0 Å². The van der Waals surface area contributed by atoms with Gasteiger partial charge in [0.2, 0.25) is 23.6 Å². The Balaban J connectivity index is 4.97. The fourth-order valence-corrected chi connectivity index (χ4v) is 1.85. The first-order valence-corrected chi connectivity index (χ1v) is 7.78. The third-order valence-corrected chi connectivity index (χ3v) is 3.31. The van der Waals surface area contributed by atoms with Crippen molar-refractivity contribution in [3.63, 3.8) is 0 Å². The van der Waals surface area contributed by atoms with Crippen molar-refractivity contribution in [1.29, 1.82) is 0 Å². The van der Waals surface area contributed by atoms with E-state index in [1.807, 2.05) is 0 Å². The lowest BCUT2D eigenvalue weighted by Crippen LogP contribution is -2.58. The highest BCUT2D eigenvalue weighted by Crippen LogP contribution is 2.01. The van der Waals surface area contributed by atoms with E-state index < -0.39 is 53.8 Å². The minimum atomic E-state index is -1.48. The second kappa shape index (κ2) is 11.0. The fourth-order valence-electron chi connectivity index (χ4n) is 1.85. The predicted molar refractivity (Wildman–Crippen MR) is 88.3 cm³/mol. The van der Waals surface area contributed by atoms with Crippen LogP contribution in [0, 0.1) is 0 Å². The Labute approximate surface area is 149 Å². The summed E-state index contributed by atoms with van der Waals surface area (Å²) in [4.78, 5) is 57.3. The summed E-state index contributed by atoms with van der Waals surface area (Å²) >= 11 is 0. The van der Waals surface area contributed by atoms with Gasteiger partial charge in [-0.2, -0.15) is 0 Å². The summed E-state index contributed by atoms with van der Waals surface area (Å²) in [6.07, 6.45) is -1.88. The van der Waals surface area contributed by atoms with E-state index in [0.29, 0.717) is 0 Å². The van der Waals surface area contributed by atoms with Crippen LogP contribution in [-0.2, 0) is 24.0 Å². The number of carboxylic acid groups (broad SMARTS) is 1. The van der Waals surface area contributed by atoms with Gasteiger partial charge in [0.05, 0.1) is 12.6 Å². The van der Waals surface area contributed by atoms with E-state index in [0.717, 1.165) is 0 Å². The van der Waals surface area contributed by atoms with Crippen molar-refractivity contribution >= 4 is 29.6 Å². The van der Waals surface area contributed by atoms with Gasteiger partial charge in [0.25, 0.3) is 0 Å². The smallest absolute Gasteiger partial charge is 0.326 e. The first-order chi connectivity index (χ1) is 12.0. The van der Waals surface area contributed by atoms with Gasteiger partial charge >= 0.3 is 5.97 Å². The summed E-state index contributed by atoms with van der Waals surface area (Å²) < 4.78 is 0. The molecule has 9 N–H and O–H groups in total. The number of hydrogen-bond donors (Lipinski definition) is 7. The average molecular weight is 375 g/mol. The first-order valence-electron chi connectivity index (χ1n) is 7.78. The van der Waals surface area contributed by atoms with E-state index in [2.05, 4.69) is 16.0 Å². The van der Waals surface area contributed by atoms with Crippen molar-refractivity contribution < 1.29 is 34.2 Å². The lowest BCUT2D eigenvalue weighted by atomic mass is 10.1. The molecule has 0 radical (unpaired) electrons. The van der Waals surface area contributed by atoms with E-state index in [1.165, 1.54) is 13.8 Å². The summed E-state index contributed by atoms with van der Waals surface area (Å²) in [5.41, 5.74) is 10.1. The van der Waals surface area contributed by atoms with Crippen molar-refractivity contribution in [3.8, 4) is 0 Å². The van der Waals surface area contributed by atoms with Crippen LogP contribution in [0.5, 0.6) is 0 Å². The molecule has 0 saturated carbocycles. The van der Waals surface area contributed by atoms with Gasteiger partial charge in [0, 0.05) is 6.42 Å². The number of rotatable bonds is 11. The SMILES string of the molecule is CC(NC(=O)CN)C(=O)NC(C(=O)NC(CCC(N)=O)C(=O)O)C(C)O. The molecule has 0 aromatic heterocycles. The monoisotopic (exact) mass is 375 g/mol. The molecule has 0 aromatic rings. The van der Waals surface area contributed by atoms with Gasteiger partial charge < -0.3 is 37.6 Å². The van der Waals surface area contributed by atoms with Crippen LogP contribution in [0.15, 0.2) is 0 Å². The summed E-state index contributed by atoms with van der Waals surface area (Å²) in [7, 11) is 0. The Morgan fingerprint density at radius 1 is 1.00 bits per heavy atom. The maximum absolute atomic E-state index is 12.2. The van der Waals surface area contributed by atoms with E-state index in [-0.39, 0.29) is 19.4 Å². The Kier molecular flexibility index (Phi) is 9.84. The number of aliphatic hydroxyl groups excluding tert-OH is 1. The summed E-state index contributed by atoms with van der Waals surface area (Å²) in [6, 6.07) is -3.94. The topological polar surface area (TPSA) is 214 Å². The minimum Gasteiger partial charge on any atom is -0.480 e. The predicted octanol–water partition coefficient (Wildman–Crippen LogP) is -3.85. The van der Waals surface area contributed by atoms with Crippen molar-refractivity contribution in [2.45, 2.75) is 50.9 Å². The van der Waals surface area contributed by atoms with Crippen molar-refractivity contribution in [1.82, 2.24) is 16.0 Å². The number of aliphatic hydroxyl groups is 1. The second-order valence-electron chi connectivity index (χ2n) is 5.62. The molecule has 0 saturated heterocycles. The molecule has 12 nitrogen and oxygen atoms in total. The molecule has 0 aliphatic rings. The number of aliphatic carboxylic acids is 1. The summed E-state index contributed by atoms with van der Waals surface area (Å²) in [5.74, 6) is -4.49. The second-order valence-corrected chi connectivity index (χ2v) is 5.62. The fraction of sp³-hybridized carbons (Fsp3) is 0.643. The molecule has 4 amide bonds. The van der Waals surface area contributed by atoms with Crippen LogP contribution < -0.4 is 27.4 Å². The summed E-state index contributed by atoms with van der Waals surface area (Å²) in [5, 5.41) is 25.4. The van der Waals surface area contributed by atoms with E-state index in [4.69, 9.17) is 16.6 Å². The van der Waals surface area contributed by atoms with E-state index >= 15 is 0 Å². The zero-order valence-electron chi connectivity index (χ0n) is 14.5. The molecule has 12 heteroatoms. The van der Waals surface area contributed by atoms with Crippen LogP contribution in [0.3, 0.4) is 0 Å². The van der Waals surface area contributed by atoms with Gasteiger partial charge in [0.1, 0.15) is 18.1 Å². The number of amides is 4. The average Bonchev–Trinajstić information content (AvgIpc) is 2.54. The molecule has 0 aliphatic heterocycles. The molecule has 0 heterocycles. The lowest BCUT2D eigenvalue weighted by molar-refractivity contribution is -0.143. The highest BCUT2D eigenvalue weighted by atomic mass is 16.4.